The smallest absolute Gasteiger partial charge is 0.218 e. The number of nitrogens with zero attached hydrogens (tertiary/aromatic N) is 3. The van der Waals surface area contributed by atoms with Crippen molar-refractivity contribution in [3.8, 4) is 0 Å². The number of hydrogen-bond donors (Lipinski definition) is 1. The van der Waals surface area contributed by atoms with Crippen LogP contribution in [0.2, 0.25) is 0 Å². The van der Waals surface area contributed by atoms with Crippen LogP contribution in [0.15, 0.2) is 6.20 Å². The molecule has 130 valence electrons. The van der Waals surface area contributed by atoms with E-state index in [2.05, 4.69) is 35.9 Å². The maximum Gasteiger partial charge on any atom is 0.218 e. The summed E-state index contributed by atoms with van der Waals surface area (Å²) < 4.78 is 27.1. The number of sulfonamides is 1. The summed E-state index contributed by atoms with van der Waals surface area (Å²) in [5, 5.41) is 7.04. The monoisotopic (exact) mass is 340 g/mol. The molecule has 0 amide bonds. The van der Waals surface area contributed by atoms with Gasteiger partial charge in [-0.25, -0.2) is 12.7 Å². The minimum atomic E-state index is -3.12. The van der Waals surface area contributed by atoms with Gasteiger partial charge in [0.2, 0.25) is 10.0 Å². The summed E-state index contributed by atoms with van der Waals surface area (Å²) in [6, 6.07) is 0. The van der Waals surface area contributed by atoms with Crippen LogP contribution in [0.4, 0.5) is 0 Å². The number of H-pyrrole nitrogens is 1. The standard InChI is InChI=1S/C16H28N4O2S/c1-16(2,3)15-13(10-17-18-15)11-19-9-6-14(12-19)23(21,22)20-7-4-5-8-20/h10,14H,4-9,11-12H2,1-3H3,(H,17,18)/t14-/m1/s1. The first-order chi connectivity index (χ1) is 10.8. The van der Waals surface area contributed by atoms with Crippen molar-refractivity contribution in [2.24, 2.45) is 0 Å². The van der Waals surface area contributed by atoms with Crippen molar-refractivity contribution in [2.45, 2.75) is 57.2 Å². The van der Waals surface area contributed by atoms with Crippen molar-refractivity contribution >= 4 is 10.0 Å². The van der Waals surface area contributed by atoms with E-state index in [9.17, 15) is 8.42 Å². The second-order valence-electron chi connectivity index (χ2n) is 7.82. The molecule has 2 aliphatic heterocycles. The van der Waals surface area contributed by atoms with Gasteiger partial charge in [0.25, 0.3) is 0 Å². The molecule has 0 saturated carbocycles. The molecule has 0 radical (unpaired) electrons. The summed E-state index contributed by atoms with van der Waals surface area (Å²) >= 11 is 0. The second-order valence-corrected chi connectivity index (χ2v) is 10.0. The minimum Gasteiger partial charge on any atom is -0.298 e. The molecular formula is C16H28N4O2S. The van der Waals surface area contributed by atoms with Gasteiger partial charge < -0.3 is 0 Å². The minimum absolute atomic E-state index is 0.0204. The van der Waals surface area contributed by atoms with E-state index in [4.69, 9.17) is 0 Å². The molecule has 23 heavy (non-hydrogen) atoms. The number of aromatic amines is 1. The third-order valence-corrected chi connectivity index (χ3v) is 7.25. The molecule has 3 rings (SSSR count). The third-order valence-electron chi connectivity index (χ3n) is 4.94. The Hall–Kier alpha value is -0.920. The average molecular weight is 340 g/mol. The molecule has 1 aromatic heterocycles. The van der Waals surface area contributed by atoms with E-state index in [1.54, 1.807) is 4.31 Å². The average Bonchev–Trinajstić information content (AvgIpc) is 3.20. The predicted octanol–water partition coefficient (Wildman–Crippen LogP) is 1.71. The number of aromatic nitrogens is 2. The van der Waals surface area contributed by atoms with Crippen LogP contribution in [0.1, 0.15) is 51.3 Å². The molecule has 6 nitrogen and oxygen atoms in total. The summed E-state index contributed by atoms with van der Waals surface area (Å²) in [5.74, 6) is 0. The third kappa shape index (κ3) is 3.46. The SMILES string of the molecule is CC(C)(C)c1[nH]ncc1CN1CC[C@@H](S(=O)(=O)N2CCCC2)C1. The van der Waals surface area contributed by atoms with Crippen molar-refractivity contribution in [3.05, 3.63) is 17.5 Å². The molecule has 0 aromatic carbocycles. The van der Waals surface area contributed by atoms with Gasteiger partial charge in [-0.3, -0.25) is 10.00 Å². The lowest BCUT2D eigenvalue weighted by molar-refractivity contribution is 0.327. The second kappa shape index (κ2) is 6.18. The molecule has 1 N–H and O–H groups in total. The van der Waals surface area contributed by atoms with Crippen molar-refractivity contribution in [2.75, 3.05) is 26.2 Å². The summed E-state index contributed by atoms with van der Waals surface area (Å²) in [5.41, 5.74) is 2.34. The fourth-order valence-electron chi connectivity index (χ4n) is 3.66. The highest BCUT2D eigenvalue weighted by Gasteiger charge is 2.38. The van der Waals surface area contributed by atoms with Gasteiger partial charge >= 0.3 is 0 Å². The molecule has 0 bridgehead atoms. The highest BCUT2D eigenvalue weighted by molar-refractivity contribution is 7.89. The van der Waals surface area contributed by atoms with Crippen molar-refractivity contribution in [1.29, 1.82) is 0 Å². The van der Waals surface area contributed by atoms with E-state index in [1.807, 2.05) is 6.20 Å². The quantitative estimate of drug-likeness (QED) is 0.906. The van der Waals surface area contributed by atoms with Crippen LogP contribution in [0.25, 0.3) is 0 Å². The predicted molar refractivity (Wildman–Crippen MR) is 90.7 cm³/mol. The van der Waals surface area contributed by atoms with Gasteiger partial charge in [0.15, 0.2) is 0 Å². The Bertz CT molecular complexity index is 641. The van der Waals surface area contributed by atoms with Gasteiger partial charge in [-0.1, -0.05) is 20.8 Å². The Labute approximate surface area is 139 Å². The van der Waals surface area contributed by atoms with Crippen LogP contribution in [-0.4, -0.2) is 59.2 Å². The topological polar surface area (TPSA) is 69.3 Å². The van der Waals surface area contributed by atoms with Crippen LogP contribution in [0, 0.1) is 0 Å². The zero-order valence-electron chi connectivity index (χ0n) is 14.4. The fraction of sp³-hybridized carbons (Fsp3) is 0.812. The van der Waals surface area contributed by atoms with Gasteiger partial charge in [0.05, 0.1) is 11.4 Å². The lowest BCUT2D eigenvalue weighted by atomic mass is 9.89. The molecule has 2 fully saturated rings. The summed E-state index contributed by atoms with van der Waals surface area (Å²) in [6.07, 6.45) is 4.61. The largest absolute Gasteiger partial charge is 0.298 e. The lowest BCUT2D eigenvalue weighted by Gasteiger charge is -2.23. The van der Waals surface area contributed by atoms with Gasteiger partial charge in [0, 0.05) is 42.9 Å². The van der Waals surface area contributed by atoms with E-state index in [1.165, 1.54) is 5.56 Å². The number of hydrogen-bond acceptors (Lipinski definition) is 4. The lowest BCUT2D eigenvalue weighted by Crippen LogP contribution is -2.38. The maximum absolute atomic E-state index is 12.7. The van der Waals surface area contributed by atoms with E-state index < -0.39 is 10.0 Å². The first-order valence-corrected chi connectivity index (χ1v) is 10.0. The molecule has 0 spiro atoms. The molecule has 3 heterocycles. The number of rotatable bonds is 4. The molecule has 1 atom stereocenters. The maximum atomic E-state index is 12.7. The zero-order valence-corrected chi connectivity index (χ0v) is 15.2. The normalized spacial score (nSPS) is 24.6. The molecule has 0 aliphatic carbocycles. The van der Waals surface area contributed by atoms with Gasteiger partial charge in [-0.2, -0.15) is 5.10 Å². The van der Waals surface area contributed by atoms with Gasteiger partial charge in [-0.05, 0) is 25.8 Å². The highest BCUT2D eigenvalue weighted by Crippen LogP contribution is 2.28. The molecule has 2 saturated heterocycles. The number of nitrogens with one attached hydrogen (secondary N) is 1. The van der Waals surface area contributed by atoms with Crippen LogP contribution in [-0.2, 0) is 22.0 Å². The Morgan fingerprint density at radius 3 is 2.61 bits per heavy atom. The van der Waals surface area contributed by atoms with Crippen LogP contribution in [0.3, 0.4) is 0 Å². The van der Waals surface area contributed by atoms with Crippen molar-refractivity contribution in [3.63, 3.8) is 0 Å². The van der Waals surface area contributed by atoms with E-state index in [0.29, 0.717) is 19.6 Å². The van der Waals surface area contributed by atoms with E-state index in [0.717, 1.165) is 38.0 Å². The zero-order chi connectivity index (χ0) is 16.7. The molecule has 2 aliphatic rings. The molecule has 1 aromatic rings. The summed E-state index contributed by atoms with van der Waals surface area (Å²) in [4.78, 5) is 2.25. The summed E-state index contributed by atoms with van der Waals surface area (Å²) in [7, 11) is -3.12. The van der Waals surface area contributed by atoms with Crippen LogP contribution >= 0.6 is 0 Å². The number of likely N-dealkylation sites (tertiary alicyclic amines) is 1. The Morgan fingerprint density at radius 2 is 1.96 bits per heavy atom. The van der Waals surface area contributed by atoms with Crippen LogP contribution < -0.4 is 0 Å². The summed E-state index contributed by atoms with van der Waals surface area (Å²) in [6.45, 7) is 10.1. The molecule has 7 heteroatoms. The van der Waals surface area contributed by atoms with Gasteiger partial charge in [0.1, 0.15) is 0 Å². The molecular weight excluding hydrogens is 312 g/mol. The first-order valence-electron chi connectivity index (χ1n) is 8.52. The van der Waals surface area contributed by atoms with E-state index in [-0.39, 0.29) is 10.7 Å². The van der Waals surface area contributed by atoms with E-state index >= 15 is 0 Å². The fourth-order valence-corrected chi connectivity index (χ4v) is 5.65. The van der Waals surface area contributed by atoms with Crippen molar-refractivity contribution in [1.82, 2.24) is 19.4 Å². The molecule has 0 unspecified atom stereocenters. The van der Waals surface area contributed by atoms with Gasteiger partial charge in [-0.15, -0.1) is 0 Å². The van der Waals surface area contributed by atoms with Crippen LogP contribution in [0.5, 0.6) is 0 Å². The Morgan fingerprint density at radius 1 is 1.26 bits per heavy atom. The van der Waals surface area contributed by atoms with Crippen molar-refractivity contribution < 1.29 is 8.42 Å². The Balaban J connectivity index is 1.66. The highest BCUT2D eigenvalue weighted by atomic mass is 32.2. The Kier molecular flexibility index (Phi) is 4.55. The first kappa shape index (κ1) is 16.9.